The number of rotatable bonds is 5. The molecule has 0 spiro atoms. The van der Waals surface area contributed by atoms with Crippen molar-refractivity contribution in [2.24, 2.45) is 5.16 Å². The van der Waals surface area contributed by atoms with Crippen LogP contribution in [0.5, 0.6) is 0 Å². The monoisotopic (exact) mass is 416 g/mol. The van der Waals surface area contributed by atoms with Gasteiger partial charge in [-0.2, -0.15) is 13.2 Å². The van der Waals surface area contributed by atoms with E-state index in [-0.39, 0.29) is 28.8 Å². The Bertz CT molecular complexity index is 1230. The zero-order chi connectivity index (χ0) is 21.7. The maximum absolute atomic E-state index is 12.9. The highest BCUT2D eigenvalue weighted by molar-refractivity contribution is 5.98. The molecule has 0 aliphatic heterocycles. The fraction of sp³-hybridized carbons (Fsp3) is 0.150. The van der Waals surface area contributed by atoms with Crippen LogP contribution in [0.2, 0.25) is 0 Å². The highest BCUT2D eigenvalue weighted by Gasteiger charge is 2.30. The Hall–Kier alpha value is -3.91. The Balaban J connectivity index is 1.87. The molecule has 2 aromatic carbocycles. The molecule has 7 nitrogen and oxygen atoms in total. The average Bonchev–Trinajstić information content (AvgIpc) is 3.16. The number of para-hydroxylation sites is 1. The third kappa shape index (κ3) is 4.39. The summed E-state index contributed by atoms with van der Waals surface area (Å²) in [5, 5.41) is 20.5. The first kappa shape index (κ1) is 20.8. The number of hydrogen-bond acceptors (Lipinski definition) is 6. The summed E-state index contributed by atoms with van der Waals surface area (Å²) in [5.74, 6) is 1.64. The maximum Gasteiger partial charge on any atom is 0.416 e. The van der Waals surface area contributed by atoms with Crippen LogP contribution in [0, 0.1) is 0 Å². The SMILES string of the molecule is C/C(=N\OCc1ccccc1-n1c(=C=O)nnc1=CO)c1cccc(C(F)(F)F)c1. The molecular weight excluding hydrogens is 401 g/mol. The van der Waals surface area contributed by atoms with Gasteiger partial charge in [-0.25, -0.2) is 4.79 Å². The van der Waals surface area contributed by atoms with Crippen LogP contribution in [0.1, 0.15) is 23.6 Å². The van der Waals surface area contributed by atoms with Gasteiger partial charge in [-0.15, -0.1) is 10.2 Å². The summed E-state index contributed by atoms with van der Waals surface area (Å²) >= 11 is 0. The number of aliphatic hydroxyl groups is 1. The van der Waals surface area contributed by atoms with Crippen LogP contribution < -0.4 is 11.0 Å². The van der Waals surface area contributed by atoms with Crippen LogP contribution in [0.15, 0.2) is 53.7 Å². The van der Waals surface area contributed by atoms with Crippen LogP contribution in [0.4, 0.5) is 13.2 Å². The number of aromatic nitrogens is 3. The molecule has 0 fully saturated rings. The molecule has 0 saturated heterocycles. The quantitative estimate of drug-likeness (QED) is 0.508. The summed E-state index contributed by atoms with van der Waals surface area (Å²) in [5.41, 5.74) is 0.639. The van der Waals surface area contributed by atoms with Gasteiger partial charge in [0.25, 0.3) is 0 Å². The minimum absolute atomic E-state index is 0.0180. The number of aliphatic hydroxyl groups excluding tert-OH is 1. The molecule has 0 aliphatic carbocycles. The van der Waals surface area contributed by atoms with Crippen molar-refractivity contribution in [1.82, 2.24) is 14.8 Å². The minimum Gasteiger partial charge on any atom is -0.512 e. The molecule has 3 rings (SSSR count). The van der Waals surface area contributed by atoms with Crippen LogP contribution in [-0.4, -0.2) is 31.5 Å². The molecule has 0 atom stereocenters. The van der Waals surface area contributed by atoms with E-state index in [1.165, 1.54) is 23.6 Å². The van der Waals surface area contributed by atoms with Crippen LogP contribution in [0.25, 0.3) is 11.9 Å². The second kappa shape index (κ2) is 8.62. The molecule has 0 radical (unpaired) electrons. The first-order valence-electron chi connectivity index (χ1n) is 8.58. The van der Waals surface area contributed by atoms with Crippen LogP contribution in [0.3, 0.4) is 0 Å². The van der Waals surface area contributed by atoms with Crippen molar-refractivity contribution < 1.29 is 27.9 Å². The molecule has 1 N–H and O–H groups in total. The normalized spacial score (nSPS) is 12.7. The minimum atomic E-state index is -4.45. The summed E-state index contributed by atoms with van der Waals surface area (Å²) in [6, 6.07) is 11.5. The van der Waals surface area contributed by atoms with Gasteiger partial charge in [0.2, 0.25) is 5.48 Å². The standard InChI is InChI=1S/C20H15F3N4O3/c1-13(14-6-4-7-16(9-14)20(21,22)23)26-30-12-15-5-2-3-8-17(15)27-18(10-28)24-25-19(27)11-29/h2-10,28H,12H2,1H3/b18-10?,26-13+. The fourth-order valence-corrected chi connectivity index (χ4v) is 2.71. The Labute approximate surface area is 168 Å². The van der Waals surface area contributed by atoms with E-state index in [1.54, 1.807) is 30.2 Å². The summed E-state index contributed by atoms with van der Waals surface area (Å²) in [6.07, 6.45) is -3.76. The molecule has 0 amide bonds. The smallest absolute Gasteiger partial charge is 0.416 e. The summed E-state index contributed by atoms with van der Waals surface area (Å²) in [6.45, 7) is 1.47. The largest absolute Gasteiger partial charge is 0.512 e. The van der Waals surface area contributed by atoms with Gasteiger partial charge in [-0.05, 0) is 30.7 Å². The molecule has 1 heterocycles. The van der Waals surface area contributed by atoms with Gasteiger partial charge in [-0.1, -0.05) is 35.5 Å². The third-order valence-electron chi connectivity index (χ3n) is 4.16. The van der Waals surface area contributed by atoms with E-state index in [0.717, 1.165) is 12.1 Å². The van der Waals surface area contributed by atoms with E-state index in [0.29, 0.717) is 17.5 Å². The first-order valence-corrected chi connectivity index (χ1v) is 8.58. The molecule has 0 saturated carbocycles. The van der Waals surface area contributed by atoms with Gasteiger partial charge in [0, 0.05) is 5.56 Å². The Kier molecular flexibility index (Phi) is 5.98. The zero-order valence-corrected chi connectivity index (χ0v) is 15.6. The van der Waals surface area contributed by atoms with Crippen LogP contribution in [-0.2, 0) is 22.4 Å². The lowest BCUT2D eigenvalue weighted by Crippen LogP contribution is -2.28. The second-order valence-corrected chi connectivity index (χ2v) is 6.11. The summed E-state index contributed by atoms with van der Waals surface area (Å²) in [4.78, 5) is 16.5. The zero-order valence-electron chi connectivity index (χ0n) is 15.6. The van der Waals surface area contributed by atoms with E-state index < -0.39 is 11.7 Å². The van der Waals surface area contributed by atoms with E-state index in [4.69, 9.17) is 4.84 Å². The van der Waals surface area contributed by atoms with E-state index in [9.17, 15) is 23.1 Å². The van der Waals surface area contributed by atoms with Crippen molar-refractivity contribution in [3.8, 4) is 5.69 Å². The lowest BCUT2D eigenvalue weighted by molar-refractivity contribution is -0.137. The Morgan fingerprint density at radius 2 is 2.00 bits per heavy atom. The van der Waals surface area contributed by atoms with Crippen molar-refractivity contribution in [3.63, 3.8) is 0 Å². The molecule has 0 bridgehead atoms. The van der Waals surface area contributed by atoms with Gasteiger partial charge < -0.3 is 9.94 Å². The predicted molar refractivity (Wildman–Crippen MR) is 101 cm³/mol. The molecule has 0 aliphatic rings. The molecule has 0 unspecified atom stereocenters. The number of alkyl halides is 3. The Morgan fingerprint density at radius 3 is 2.70 bits per heavy atom. The first-order chi connectivity index (χ1) is 14.3. The number of nitrogens with zero attached hydrogens (tertiary/aromatic N) is 4. The summed E-state index contributed by atoms with van der Waals surface area (Å²) in [7, 11) is 0. The summed E-state index contributed by atoms with van der Waals surface area (Å²) < 4.78 is 39.9. The Morgan fingerprint density at radius 1 is 1.23 bits per heavy atom. The van der Waals surface area contributed by atoms with Crippen molar-refractivity contribution >= 4 is 17.9 Å². The fourth-order valence-electron chi connectivity index (χ4n) is 2.71. The number of halogens is 3. The maximum atomic E-state index is 12.9. The molecule has 154 valence electrons. The predicted octanol–water partition coefficient (Wildman–Crippen LogP) is 2.03. The highest BCUT2D eigenvalue weighted by Crippen LogP contribution is 2.29. The van der Waals surface area contributed by atoms with Crippen molar-refractivity contribution in [3.05, 3.63) is 76.2 Å². The van der Waals surface area contributed by atoms with Gasteiger partial charge in [-0.3, -0.25) is 4.57 Å². The van der Waals surface area contributed by atoms with E-state index in [2.05, 4.69) is 15.4 Å². The van der Waals surface area contributed by atoms with Crippen molar-refractivity contribution in [2.45, 2.75) is 19.7 Å². The van der Waals surface area contributed by atoms with Gasteiger partial charge >= 0.3 is 6.18 Å². The van der Waals surface area contributed by atoms with Crippen LogP contribution >= 0.6 is 0 Å². The van der Waals surface area contributed by atoms with E-state index >= 15 is 0 Å². The van der Waals surface area contributed by atoms with Crippen molar-refractivity contribution in [1.29, 1.82) is 0 Å². The lowest BCUT2D eigenvalue weighted by Gasteiger charge is -2.10. The molecule has 1 aromatic heterocycles. The highest BCUT2D eigenvalue weighted by atomic mass is 19.4. The molecular formula is C20H15F3N4O3. The third-order valence-corrected chi connectivity index (χ3v) is 4.16. The van der Waals surface area contributed by atoms with Gasteiger partial charge in [0.1, 0.15) is 12.9 Å². The average molecular weight is 416 g/mol. The molecule has 3 aromatic rings. The number of oxime groups is 1. The lowest BCUT2D eigenvalue weighted by atomic mass is 10.1. The molecule has 10 heteroatoms. The van der Waals surface area contributed by atoms with Crippen molar-refractivity contribution in [2.75, 3.05) is 0 Å². The van der Waals surface area contributed by atoms with Gasteiger partial charge in [0.05, 0.1) is 17.0 Å². The van der Waals surface area contributed by atoms with E-state index in [1.807, 2.05) is 0 Å². The molecule has 30 heavy (non-hydrogen) atoms. The van der Waals surface area contributed by atoms with Gasteiger partial charge in [0.15, 0.2) is 11.4 Å². The number of hydrogen-bond donors (Lipinski definition) is 1. The topological polar surface area (TPSA) is 89.6 Å². The second-order valence-electron chi connectivity index (χ2n) is 6.11. The number of carbonyl (C=O) groups excluding carboxylic acids is 1. The number of benzene rings is 2.